The Bertz CT molecular complexity index is 534. The Morgan fingerprint density at radius 3 is 0.600 bits per heavy atom. The van der Waals surface area contributed by atoms with Crippen molar-refractivity contribution in [3.63, 3.8) is 0 Å². The first-order valence-electron chi connectivity index (χ1n) is 5.30. The molecule has 141 valence electrons. The molecule has 0 N–H and O–H groups in total. The Kier molecular flexibility index (Phi) is 11.5. The molecule has 0 fully saturated rings. The predicted octanol–water partition coefficient (Wildman–Crippen LogP) is 8.05. The fourth-order valence-corrected chi connectivity index (χ4v) is 3.41. The summed E-state index contributed by atoms with van der Waals surface area (Å²) >= 11 is 55.3. The van der Waals surface area contributed by atoms with Crippen molar-refractivity contribution in [2.45, 2.75) is 0 Å². The van der Waals surface area contributed by atoms with Crippen LogP contribution >= 0.6 is 116 Å². The molecule has 13 heteroatoms. The average molecular weight is 594 g/mol. The monoisotopic (exact) mass is 589 g/mol. The summed E-state index contributed by atoms with van der Waals surface area (Å²) in [5.74, 6) is -1.23. The molecule has 0 aliphatic carbocycles. The summed E-state index contributed by atoms with van der Waals surface area (Å²) in [5.41, 5.74) is 0. The van der Waals surface area contributed by atoms with Crippen LogP contribution in [0.4, 0.5) is 0 Å². The Morgan fingerprint density at radius 1 is 0.320 bits per heavy atom. The van der Waals surface area contributed by atoms with Crippen LogP contribution in [0.15, 0.2) is 0 Å². The Labute approximate surface area is 203 Å². The molecule has 0 bridgehead atoms. The van der Waals surface area contributed by atoms with Crippen LogP contribution < -0.4 is 10.2 Å². The first kappa shape index (κ1) is 26.5. The molecule has 0 amide bonds. The van der Waals surface area contributed by atoms with E-state index >= 15 is 0 Å². The molecule has 0 aliphatic rings. The van der Waals surface area contributed by atoms with Crippen molar-refractivity contribution in [2.24, 2.45) is 0 Å². The molecule has 0 saturated carbocycles. The van der Waals surface area contributed by atoms with Crippen LogP contribution in [0.2, 0.25) is 50.2 Å². The fraction of sp³-hybridized carbons (Fsp3) is 0. The minimum atomic E-state index is -0.613. The van der Waals surface area contributed by atoms with E-state index in [4.69, 9.17) is 116 Å². The van der Waals surface area contributed by atoms with Crippen molar-refractivity contribution in [1.82, 2.24) is 0 Å². The van der Waals surface area contributed by atoms with E-state index in [1.807, 2.05) is 0 Å². The van der Waals surface area contributed by atoms with Crippen LogP contribution in [-0.2, 0) is 17.1 Å². The molecule has 0 heterocycles. The van der Waals surface area contributed by atoms with Crippen molar-refractivity contribution in [3.05, 3.63) is 50.2 Å². The third-order valence-corrected chi connectivity index (χ3v) is 6.82. The molecule has 2 rings (SSSR count). The van der Waals surface area contributed by atoms with Gasteiger partial charge in [-0.15, -0.1) is 0 Å². The van der Waals surface area contributed by atoms with Crippen LogP contribution in [0.1, 0.15) is 0 Å². The zero-order chi connectivity index (χ0) is 18.9. The minimum Gasteiger partial charge on any atom is -0.870 e. The van der Waals surface area contributed by atoms with Crippen molar-refractivity contribution in [3.8, 4) is 11.5 Å². The molecule has 2 aromatic carbocycles. The van der Waals surface area contributed by atoms with Gasteiger partial charge in [0.15, 0.2) is 0 Å². The summed E-state index contributed by atoms with van der Waals surface area (Å²) in [6, 6.07) is 0. The summed E-state index contributed by atoms with van der Waals surface area (Å²) in [6.45, 7) is 0. The fourth-order valence-electron chi connectivity index (χ4n) is 1.17. The van der Waals surface area contributed by atoms with Gasteiger partial charge in [-0.2, -0.15) is 0 Å². The second-order valence-electron chi connectivity index (χ2n) is 3.80. The van der Waals surface area contributed by atoms with E-state index in [0.29, 0.717) is 0 Å². The normalized spacial score (nSPS) is 10.0. The molecule has 0 saturated heterocycles. The predicted molar refractivity (Wildman–Crippen MR) is 102 cm³/mol. The molecular formula is C12Cl10CuO2. The van der Waals surface area contributed by atoms with Crippen molar-refractivity contribution in [1.29, 1.82) is 0 Å². The van der Waals surface area contributed by atoms with Gasteiger partial charge < -0.3 is 10.2 Å². The van der Waals surface area contributed by atoms with Gasteiger partial charge in [0.2, 0.25) is 0 Å². The molecule has 0 aromatic heterocycles. The smallest absolute Gasteiger partial charge is 0.870 e. The molecule has 1 radical (unpaired) electrons. The maximum atomic E-state index is 11.1. The molecule has 0 unspecified atom stereocenters. The Balaban J connectivity index is 0.000000443. The second kappa shape index (κ2) is 10.9. The maximum Gasteiger partial charge on any atom is 2.00 e. The van der Waals surface area contributed by atoms with Crippen LogP contribution in [0.3, 0.4) is 0 Å². The standard InChI is InChI=1S/2C6HCl5O.Cu/c2*7-1-2(8)4(10)6(12)5(11)3(1)9;/h2*12H;/q;;+2/p-2. The molecular weight excluding hydrogens is 594 g/mol. The summed E-state index contributed by atoms with van der Waals surface area (Å²) in [6.07, 6.45) is 0. The van der Waals surface area contributed by atoms with Gasteiger partial charge in [0.05, 0.1) is 50.2 Å². The molecule has 2 nitrogen and oxygen atoms in total. The van der Waals surface area contributed by atoms with Gasteiger partial charge in [0, 0.05) is 0 Å². The number of rotatable bonds is 0. The first-order chi connectivity index (χ1) is 10.9. The SMILES string of the molecule is [Cu+2].[O-]c1c(Cl)c(Cl)c(Cl)c(Cl)c1Cl.[O-]c1c(Cl)c(Cl)c(Cl)c(Cl)c1Cl. The van der Waals surface area contributed by atoms with E-state index in [1.165, 1.54) is 0 Å². The van der Waals surface area contributed by atoms with Gasteiger partial charge in [-0.05, 0) is 0 Å². The van der Waals surface area contributed by atoms with Gasteiger partial charge in [-0.25, -0.2) is 0 Å². The van der Waals surface area contributed by atoms with Gasteiger partial charge in [0.1, 0.15) is 0 Å². The third-order valence-electron chi connectivity index (χ3n) is 2.34. The number of halogens is 10. The molecule has 0 aliphatic heterocycles. The van der Waals surface area contributed by atoms with E-state index in [-0.39, 0.29) is 67.3 Å². The summed E-state index contributed by atoms with van der Waals surface area (Å²) < 4.78 is 0. The summed E-state index contributed by atoms with van der Waals surface area (Å²) in [5, 5.41) is 21.0. The number of benzene rings is 2. The van der Waals surface area contributed by atoms with E-state index in [9.17, 15) is 10.2 Å². The largest absolute Gasteiger partial charge is 2.00 e. The molecule has 25 heavy (non-hydrogen) atoms. The topological polar surface area (TPSA) is 46.1 Å². The van der Waals surface area contributed by atoms with Crippen LogP contribution in [0.5, 0.6) is 11.5 Å². The summed E-state index contributed by atoms with van der Waals surface area (Å²) in [7, 11) is 0. The first-order valence-corrected chi connectivity index (χ1v) is 9.08. The van der Waals surface area contributed by atoms with Crippen molar-refractivity contribution < 1.29 is 27.3 Å². The second-order valence-corrected chi connectivity index (χ2v) is 7.58. The number of hydrogen-bond acceptors (Lipinski definition) is 2. The molecule has 0 spiro atoms. The van der Waals surface area contributed by atoms with Gasteiger partial charge in [0.25, 0.3) is 0 Å². The van der Waals surface area contributed by atoms with Crippen molar-refractivity contribution >= 4 is 116 Å². The number of hydrogen-bond donors (Lipinski definition) is 0. The van der Waals surface area contributed by atoms with E-state index in [0.717, 1.165) is 0 Å². The Hall–Kier alpha value is 1.46. The zero-order valence-electron chi connectivity index (χ0n) is 10.9. The van der Waals surface area contributed by atoms with Gasteiger partial charge >= 0.3 is 17.1 Å². The van der Waals surface area contributed by atoms with E-state index in [1.54, 1.807) is 0 Å². The minimum absolute atomic E-state index is 0. The van der Waals surface area contributed by atoms with Crippen molar-refractivity contribution in [2.75, 3.05) is 0 Å². The van der Waals surface area contributed by atoms with Crippen LogP contribution in [-0.4, -0.2) is 0 Å². The van der Waals surface area contributed by atoms with Crippen LogP contribution in [0.25, 0.3) is 0 Å². The van der Waals surface area contributed by atoms with E-state index in [2.05, 4.69) is 0 Å². The molecule has 2 aromatic rings. The average Bonchev–Trinajstić information content (AvgIpc) is 2.58. The van der Waals surface area contributed by atoms with Gasteiger partial charge in [-0.1, -0.05) is 128 Å². The third kappa shape index (κ3) is 5.73. The maximum absolute atomic E-state index is 11.1. The van der Waals surface area contributed by atoms with E-state index < -0.39 is 11.5 Å². The van der Waals surface area contributed by atoms with Gasteiger partial charge in [-0.3, -0.25) is 0 Å². The zero-order valence-corrected chi connectivity index (χ0v) is 19.4. The quantitative estimate of drug-likeness (QED) is 0.176. The van der Waals surface area contributed by atoms with Crippen LogP contribution in [0, 0.1) is 0 Å². The Morgan fingerprint density at radius 2 is 0.440 bits per heavy atom. The molecule has 0 atom stereocenters. The summed E-state index contributed by atoms with van der Waals surface area (Å²) in [4.78, 5) is 0.